The Hall–Kier alpha value is -0.810. The van der Waals surface area contributed by atoms with Gasteiger partial charge in [-0.05, 0) is 91.1 Å². The zero-order valence-corrected chi connectivity index (χ0v) is 33.4. The molecule has 0 aromatic rings. The molecule has 0 bridgehead atoms. The van der Waals surface area contributed by atoms with Gasteiger partial charge in [-0.15, -0.1) is 0 Å². The first-order chi connectivity index (χ1) is 23.6. The summed E-state index contributed by atoms with van der Waals surface area (Å²) in [7, 11) is 4.14. The van der Waals surface area contributed by atoms with E-state index in [1.807, 2.05) is 14.1 Å². The van der Waals surface area contributed by atoms with E-state index in [0.29, 0.717) is 6.61 Å². The van der Waals surface area contributed by atoms with Crippen molar-refractivity contribution in [1.29, 1.82) is 0 Å². The summed E-state index contributed by atoms with van der Waals surface area (Å²) in [5.41, 5.74) is 0. The molecule has 0 aromatic carbocycles. The average molecular weight is 694 g/mol. The largest absolute Gasteiger partial charge is 0.363 e. The van der Waals surface area contributed by atoms with Gasteiger partial charge < -0.3 is 13.9 Å². The fourth-order valence-electron chi connectivity index (χ4n) is 5.52. The molecular formula is C42H80NO4P. The van der Waals surface area contributed by atoms with Crippen molar-refractivity contribution in [2.24, 2.45) is 0 Å². The number of allylic oxidation sites excluding steroid dienone is 8. The number of nitrogens with zero attached hydrogens (tertiary/aromatic N) is 1. The van der Waals surface area contributed by atoms with Gasteiger partial charge in [-0.2, -0.15) is 4.67 Å². The molecule has 0 saturated carbocycles. The Morgan fingerprint density at radius 1 is 0.521 bits per heavy atom. The minimum absolute atomic E-state index is 0.169. The summed E-state index contributed by atoms with van der Waals surface area (Å²) in [5, 5.41) is 0. The lowest BCUT2D eigenvalue weighted by atomic mass is 10.0. The third-order valence-corrected chi connectivity index (χ3v) is 9.69. The maximum atomic E-state index is 6.37. The second-order valence-electron chi connectivity index (χ2n) is 13.6. The average Bonchev–Trinajstić information content (AvgIpc) is 3.07. The van der Waals surface area contributed by atoms with E-state index < -0.39 is 8.60 Å². The van der Waals surface area contributed by atoms with Crippen LogP contribution in [0.25, 0.3) is 0 Å². The zero-order chi connectivity index (χ0) is 35.0. The molecule has 48 heavy (non-hydrogen) atoms. The van der Waals surface area contributed by atoms with Gasteiger partial charge in [-0.3, -0.25) is 0 Å². The van der Waals surface area contributed by atoms with Crippen molar-refractivity contribution in [3.63, 3.8) is 0 Å². The predicted octanol–water partition coefficient (Wildman–Crippen LogP) is 14.2. The minimum Gasteiger partial charge on any atom is -0.309 e. The van der Waals surface area contributed by atoms with Crippen LogP contribution in [-0.4, -0.2) is 45.4 Å². The van der Waals surface area contributed by atoms with Crippen LogP contribution in [-0.2, 0) is 18.6 Å². The third kappa shape index (κ3) is 38.0. The zero-order valence-electron chi connectivity index (χ0n) is 32.5. The van der Waals surface area contributed by atoms with E-state index in [9.17, 15) is 0 Å². The van der Waals surface area contributed by atoms with E-state index in [-0.39, 0.29) is 6.10 Å². The fourth-order valence-corrected chi connectivity index (χ4v) is 6.47. The topological polar surface area (TPSA) is 40.2 Å². The number of hydrogen-bond acceptors (Lipinski definition) is 5. The van der Waals surface area contributed by atoms with Gasteiger partial charge in [0.15, 0.2) is 0 Å². The molecule has 0 aromatic heterocycles. The first-order valence-corrected chi connectivity index (χ1v) is 21.3. The number of rotatable bonds is 38. The number of unbranched alkanes of at least 4 members (excludes halogenated alkanes) is 18. The van der Waals surface area contributed by atoms with Crippen molar-refractivity contribution < 1.29 is 18.6 Å². The van der Waals surface area contributed by atoms with Crippen LogP contribution in [0, 0.1) is 0 Å². The number of likely N-dealkylation sites (N-methyl/N-ethyl adjacent to an activating group) is 1. The smallest absolute Gasteiger partial charge is 0.309 e. The van der Waals surface area contributed by atoms with Crippen LogP contribution in [0.1, 0.15) is 181 Å². The molecule has 0 aliphatic rings. The van der Waals surface area contributed by atoms with E-state index in [0.717, 1.165) is 32.2 Å². The van der Waals surface area contributed by atoms with Gasteiger partial charge in [-0.1, -0.05) is 152 Å². The van der Waals surface area contributed by atoms with Gasteiger partial charge in [0.1, 0.15) is 0 Å². The van der Waals surface area contributed by atoms with E-state index in [4.69, 9.17) is 18.6 Å². The highest BCUT2D eigenvalue weighted by Crippen LogP contribution is 2.42. The minimum atomic E-state index is -1.49. The molecule has 0 heterocycles. The molecule has 0 radical (unpaired) electrons. The van der Waals surface area contributed by atoms with Gasteiger partial charge in [0.25, 0.3) is 0 Å². The van der Waals surface area contributed by atoms with Crippen molar-refractivity contribution in [3.05, 3.63) is 48.6 Å². The monoisotopic (exact) mass is 694 g/mol. The fraction of sp³-hybridized carbons (Fsp3) is 0.810. The van der Waals surface area contributed by atoms with Crippen LogP contribution in [0.4, 0.5) is 0 Å². The molecule has 0 spiro atoms. The molecule has 5 nitrogen and oxygen atoms in total. The summed E-state index contributed by atoms with van der Waals surface area (Å²) in [5.74, 6) is 0. The van der Waals surface area contributed by atoms with E-state index in [1.165, 1.54) is 148 Å². The standard InChI is InChI=1S/C42H80NO4P/c1-6-8-10-12-14-16-18-20-22-24-26-28-30-32-34-36-38-42(46-48(47-44-5)45-41-40-43(3)4)39-37-35-33-31-29-27-25-23-21-19-17-15-13-11-9-7-2/h14-17,20-23,42H,6-13,18-19,24-41H2,1-5H3/b16-14-,17-15-,22-20-,23-21-. The van der Waals surface area contributed by atoms with Crippen molar-refractivity contribution in [3.8, 4) is 0 Å². The Balaban J connectivity index is 4.21. The Morgan fingerprint density at radius 2 is 0.917 bits per heavy atom. The van der Waals surface area contributed by atoms with Crippen molar-refractivity contribution in [2.45, 2.75) is 187 Å². The van der Waals surface area contributed by atoms with Gasteiger partial charge >= 0.3 is 8.60 Å². The van der Waals surface area contributed by atoms with Gasteiger partial charge in [0.05, 0.1) is 19.8 Å². The van der Waals surface area contributed by atoms with Gasteiger partial charge in [0, 0.05) is 6.54 Å². The molecule has 1 unspecified atom stereocenters. The molecule has 1 atom stereocenters. The summed E-state index contributed by atoms with van der Waals surface area (Å²) in [6.07, 6.45) is 51.6. The lowest BCUT2D eigenvalue weighted by Gasteiger charge is -2.23. The predicted molar refractivity (Wildman–Crippen MR) is 212 cm³/mol. The van der Waals surface area contributed by atoms with Crippen LogP contribution < -0.4 is 0 Å². The SMILES string of the molecule is CCCCC/C=C\C/C=C\CCCCCCCCC(CCCCCCCC/C=C\C/C=C\CCCCC)OP(OCCN(C)C)OOC. The molecule has 0 fully saturated rings. The highest BCUT2D eigenvalue weighted by molar-refractivity contribution is 7.41. The second-order valence-corrected chi connectivity index (χ2v) is 14.6. The summed E-state index contributed by atoms with van der Waals surface area (Å²) in [4.78, 5) is 7.08. The maximum Gasteiger partial charge on any atom is 0.363 e. The Labute approximate surface area is 301 Å². The van der Waals surface area contributed by atoms with E-state index in [1.54, 1.807) is 0 Å². The van der Waals surface area contributed by atoms with Crippen LogP contribution in [0.2, 0.25) is 0 Å². The molecule has 0 N–H and O–H groups in total. The normalized spacial score (nSPS) is 13.2. The van der Waals surface area contributed by atoms with Crippen molar-refractivity contribution >= 4 is 8.60 Å². The quantitative estimate of drug-likeness (QED) is 0.0212. The summed E-state index contributed by atoms with van der Waals surface area (Å²) >= 11 is 0. The van der Waals surface area contributed by atoms with Gasteiger partial charge in [-0.25, -0.2) is 4.89 Å². The molecule has 0 amide bonds. The van der Waals surface area contributed by atoms with Crippen LogP contribution >= 0.6 is 8.60 Å². The van der Waals surface area contributed by atoms with E-state index in [2.05, 4.69) is 67.4 Å². The summed E-state index contributed by atoms with van der Waals surface area (Å²) in [6.45, 7) is 5.93. The maximum absolute atomic E-state index is 6.37. The third-order valence-electron chi connectivity index (χ3n) is 8.56. The molecule has 0 aliphatic carbocycles. The first-order valence-electron chi connectivity index (χ1n) is 20.2. The van der Waals surface area contributed by atoms with E-state index >= 15 is 0 Å². The first kappa shape index (κ1) is 47.2. The lowest BCUT2D eigenvalue weighted by molar-refractivity contribution is -0.192. The van der Waals surface area contributed by atoms with Crippen LogP contribution in [0.5, 0.6) is 0 Å². The number of hydrogen-bond donors (Lipinski definition) is 0. The lowest BCUT2D eigenvalue weighted by Crippen LogP contribution is -2.18. The molecule has 0 rings (SSSR count). The van der Waals surface area contributed by atoms with Crippen molar-refractivity contribution in [2.75, 3.05) is 34.4 Å². The molecule has 6 heteroatoms. The second kappa shape index (κ2) is 40.6. The Bertz CT molecular complexity index is 691. The molecule has 0 saturated heterocycles. The van der Waals surface area contributed by atoms with Crippen LogP contribution in [0.3, 0.4) is 0 Å². The molecule has 0 aliphatic heterocycles. The summed E-state index contributed by atoms with van der Waals surface area (Å²) in [6, 6.07) is 0. The molecular weight excluding hydrogens is 613 g/mol. The summed E-state index contributed by atoms with van der Waals surface area (Å²) < 4.78 is 17.7. The highest BCUT2D eigenvalue weighted by Gasteiger charge is 2.20. The van der Waals surface area contributed by atoms with Crippen molar-refractivity contribution in [1.82, 2.24) is 4.90 Å². The Kier molecular flexibility index (Phi) is 39.9. The van der Waals surface area contributed by atoms with Gasteiger partial charge in [0.2, 0.25) is 0 Å². The molecule has 282 valence electrons. The van der Waals surface area contributed by atoms with Crippen LogP contribution in [0.15, 0.2) is 48.6 Å². The Morgan fingerprint density at radius 3 is 1.31 bits per heavy atom. The highest BCUT2D eigenvalue weighted by atomic mass is 31.2.